The second kappa shape index (κ2) is 2.79. The van der Waals surface area contributed by atoms with Gasteiger partial charge in [0.05, 0.1) is 5.54 Å². The van der Waals surface area contributed by atoms with Gasteiger partial charge in [0.1, 0.15) is 11.5 Å². The largest absolute Gasteiger partial charge is 0.466 e. The molecule has 0 saturated carbocycles. The third-order valence-electron chi connectivity index (χ3n) is 2.05. The Morgan fingerprint density at radius 1 is 1.58 bits per heavy atom. The van der Waals surface area contributed by atoms with Gasteiger partial charge < -0.3 is 10.2 Å². The number of nitrogens with two attached hydrogens (primary N) is 1. The van der Waals surface area contributed by atoms with Gasteiger partial charge in [0.25, 0.3) is 0 Å². The lowest BCUT2D eigenvalue weighted by atomic mass is 9.94. The molecule has 1 atom stereocenters. The molecule has 0 aliphatic heterocycles. The van der Waals surface area contributed by atoms with Crippen LogP contribution >= 0.6 is 0 Å². The Hall–Kier alpha value is -1.02. The van der Waals surface area contributed by atoms with E-state index in [0.717, 1.165) is 17.1 Å². The molecule has 66 valence electrons. The molecule has 0 aliphatic rings. The number of hydrogen-bond acceptors (Lipinski definition) is 2. The van der Waals surface area contributed by atoms with Gasteiger partial charge in [0, 0.05) is 5.56 Å². The Balaban J connectivity index is 3.18. The van der Waals surface area contributed by atoms with E-state index >= 15 is 0 Å². The maximum Gasteiger partial charge on any atom is 0.106 e. The van der Waals surface area contributed by atoms with E-state index in [9.17, 15) is 0 Å². The number of rotatable bonds is 2. The lowest BCUT2D eigenvalue weighted by molar-refractivity contribution is 0.491. The highest BCUT2D eigenvalue weighted by molar-refractivity contribution is 5.31. The third-order valence-corrected chi connectivity index (χ3v) is 2.05. The summed E-state index contributed by atoms with van der Waals surface area (Å²) in [5.74, 6) is 1.76. The molecular weight excluding hydrogens is 150 g/mol. The van der Waals surface area contributed by atoms with Crippen molar-refractivity contribution in [2.24, 2.45) is 5.73 Å². The van der Waals surface area contributed by atoms with E-state index in [1.54, 1.807) is 6.08 Å². The zero-order valence-corrected chi connectivity index (χ0v) is 7.85. The minimum atomic E-state index is -0.484. The molecule has 2 heteroatoms. The van der Waals surface area contributed by atoms with Crippen LogP contribution in [0, 0.1) is 13.8 Å². The van der Waals surface area contributed by atoms with Crippen LogP contribution in [0.1, 0.15) is 24.0 Å². The van der Waals surface area contributed by atoms with Gasteiger partial charge in [0.2, 0.25) is 0 Å². The van der Waals surface area contributed by atoms with Crippen LogP contribution in [-0.4, -0.2) is 0 Å². The first-order chi connectivity index (χ1) is 5.47. The molecule has 12 heavy (non-hydrogen) atoms. The van der Waals surface area contributed by atoms with Crippen molar-refractivity contribution in [3.63, 3.8) is 0 Å². The van der Waals surface area contributed by atoms with Crippen LogP contribution in [0.15, 0.2) is 23.1 Å². The van der Waals surface area contributed by atoms with Crippen LogP contribution < -0.4 is 5.73 Å². The van der Waals surface area contributed by atoms with Crippen LogP contribution in [0.2, 0.25) is 0 Å². The normalized spacial score (nSPS) is 15.7. The van der Waals surface area contributed by atoms with Crippen LogP contribution in [0.3, 0.4) is 0 Å². The maximum atomic E-state index is 5.97. The maximum absolute atomic E-state index is 5.97. The molecule has 1 heterocycles. The van der Waals surface area contributed by atoms with Crippen LogP contribution in [0.5, 0.6) is 0 Å². The summed E-state index contributed by atoms with van der Waals surface area (Å²) in [6.45, 7) is 9.43. The quantitative estimate of drug-likeness (QED) is 0.683. The molecule has 0 amide bonds. The summed E-state index contributed by atoms with van der Waals surface area (Å²) in [5, 5.41) is 0. The van der Waals surface area contributed by atoms with Crippen LogP contribution in [-0.2, 0) is 5.54 Å². The van der Waals surface area contributed by atoms with Crippen molar-refractivity contribution in [2.75, 3.05) is 0 Å². The Bertz CT molecular complexity index is 297. The highest BCUT2D eigenvalue weighted by atomic mass is 16.3. The van der Waals surface area contributed by atoms with Crippen molar-refractivity contribution < 1.29 is 4.42 Å². The molecule has 0 aromatic carbocycles. The molecule has 1 rings (SSSR count). The predicted molar refractivity (Wildman–Crippen MR) is 49.9 cm³/mol. The second-order valence-corrected chi connectivity index (χ2v) is 3.31. The fourth-order valence-electron chi connectivity index (χ4n) is 1.28. The van der Waals surface area contributed by atoms with Gasteiger partial charge in [0.15, 0.2) is 0 Å². The first-order valence-electron chi connectivity index (χ1n) is 3.97. The van der Waals surface area contributed by atoms with Gasteiger partial charge in [-0.3, -0.25) is 0 Å². The van der Waals surface area contributed by atoms with Crippen molar-refractivity contribution in [3.8, 4) is 0 Å². The molecule has 0 saturated heterocycles. The zero-order valence-electron chi connectivity index (χ0n) is 7.85. The molecule has 0 fully saturated rings. The summed E-state index contributed by atoms with van der Waals surface area (Å²) in [6.07, 6.45) is 1.73. The Labute approximate surface area is 73.1 Å². The smallest absolute Gasteiger partial charge is 0.106 e. The highest BCUT2D eigenvalue weighted by Crippen LogP contribution is 2.25. The van der Waals surface area contributed by atoms with E-state index in [4.69, 9.17) is 10.2 Å². The molecule has 0 aliphatic carbocycles. The highest BCUT2D eigenvalue weighted by Gasteiger charge is 2.21. The van der Waals surface area contributed by atoms with Gasteiger partial charge in [-0.15, -0.1) is 6.58 Å². The van der Waals surface area contributed by atoms with E-state index in [1.165, 1.54) is 0 Å². The van der Waals surface area contributed by atoms with Crippen molar-refractivity contribution >= 4 is 0 Å². The lowest BCUT2D eigenvalue weighted by Gasteiger charge is -2.18. The summed E-state index contributed by atoms with van der Waals surface area (Å²) >= 11 is 0. The van der Waals surface area contributed by atoms with Gasteiger partial charge >= 0.3 is 0 Å². The van der Waals surface area contributed by atoms with E-state index in [1.807, 2.05) is 26.8 Å². The van der Waals surface area contributed by atoms with Crippen molar-refractivity contribution in [1.29, 1.82) is 0 Å². The minimum absolute atomic E-state index is 0.484. The standard InChI is InChI=1S/C10H15NO/c1-5-10(4,11)9-6-7(2)12-8(9)3/h5-6H,1,11H2,2-4H3. The molecule has 0 spiro atoms. The molecule has 1 aromatic heterocycles. The van der Waals surface area contributed by atoms with E-state index in [2.05, 4.69) is 6.58 Å². The molecule has 0 radical (unpaired) electrons. The average Bonchev–Trinajstić information content (AvgIpc) is 2.31. The summed E-state index contributed by atoms with van der Waals surface area (Å²) in [4.78, 5) is 0. The van der Waals surface area contributed by atoms with Crippen LogP contribution in [0.4, 0.5) is 0 Å². The number of furan rings is 1. The summed E-state index contributed by atoms with van der Waals surface area (Å²) in [6, 6.07) is 1.96. The van der Waals surface area contributed by atoms with Gasteiger partial charge in [-0.2, -0.15) is 0 Å². The summed E-state index contributed by atoms with van der Waals surface area (Å²) < 4.78 is 5.37. The minimum Gasteiger partial charge on any atom is -0.466 e. The lowest BCUT2D eigenvalue weighted by Crippen LogP contribution is -2.30. The predicted octanol–water partition coefficient (Wildman–Crippen LogP) is 2.26. The average molecular weight is 165 g/mol. The number of aryl methyl sites for hydroxylation is 2. The topological polar surface area (TPSA) is 39.2 Å². The summed E-state index contributed by atoms with van der Waals surface area (Å²) in [5.41, 5.74) is 6.50. The molecular formula is C10H15NO. The SMILES string of the molecule is C=CC(C)(N)c1cc(C)oc1C. The Kier molecular flexibility index (Phi) is 2.11. The Morgan fingerprint density at radius 3 is 2.50 bits per heavy atom. The van der Waals surface area contributed by atoms with E-state index < -0.39 is 5.54 Å². The zero-order chi connectivity index (χ0) is 9.35. The molecule has 1 unspecified atom stereocenters. The summed E-state index contributed by atoms with van der Waals surface area (Å²) in [7, 11) is 0. The van der Waals surface area contributed by atoms with Gasteiger partial charge in [-0.05, 0) is 26.8 Å². The monoisotopic (exact) mass is 165 g/mol. The van der Waals surface area contributed by atoms with Crippen molar-refractivity contribution in [3.05, 3.63) is 35.8 Å². The molecule has 2 nitrogen and oxygen atoms in total. The van der Waals surface area contributed by atoms with E-state index in [0.29, 0.717) is 0 Å². The van der Waals surface area contributed by atoms with Crippen molar-refractivity contribution in [2.45, 2.75) is 26.3 Å². The first kappa shape index (κ1) is 9.07. The van der Waals surface area contributed by atoms with Gasteiger partial charge in [-0.25, -0.2) is 0 Å². The third kappa shape index (κ3) is 1.43. The second-order valence-electron chi connectivity index (χ2n) is 3.31. The molecule has 0 bridgehead atoms. The number of hydrogen-bond donors (Lipinski definition) is 1. The fraction of sp³-hybridized carbons (Fsp3) is 0.400. The molecule has 2 N–H and O–H groups in total. The fourth-order valence-corrected chi connectivity index (χ4v) is 1.28. The van der Waals surface area contributed by atoms with Crippen LogP contribution in [0.25, 0.3) is 0 Å². The van der Waals surface area contributed by atoms with Gasteiger partial charge in [-0.1, -0.05) is 6.08 Å². The van der Waals surface area contributed by atoms with Crippen molar-refractivity contribution in [1.82, 2.24) is 0 Å². The molecule has 1 aromatic rings. The Morgan fingerprint density at radius 2 is 2.17 bits per heavy atom. The van der Waals surface area contributed by atoms with E-state index in [-0.39, 0.29) is 0 Å². The first-order valence-corrected chi connectivity index (χ1v) is 3.97.